The molecule has 0 amide bonds. The molecule has 2 aromatic carbocycles. The van der Waals surface area contributed by atoms with Crippen molar-refractivity contribution in [2.24, 2.45) is 5.73 Å². The third-order valence-electron chi connectivity index (χ3n) is 3.78. The number of hydrogen-bond donors (Lipinski definition) is 2. The van der Waals surface area contributed by atoms with Gasteiger partial charge in [-0.25, -0.2) is 13.2 Å². The van der Waals surface area contributed by atoms with Crippen LogP contribution in [-0.4, -0.2) is 4.98 Å². The fourth-order valence-electron chi connectivity index (χ4n) is 2.66. The van der Waals surface area contributed by atoms with Crippen LogP contribution in [0.5, 0.6) is 0 Å². The van der Waals surface area contributed by atoms with Crippen LogP contribution < -0.4 is 5.73 Å². The summed E-state index contributed by atoms with van der Waals surface area (Å²) in [6.07, 6.45) is 0. The summed E-state index contributed by atoms with van der Waals surface area (Å²) in [5, 5.41) is 0.831. The number of halogens is 4. The van der Waals surface area contributed by atoms with E-state index in [1.165, 1.54) is 6.07 Å². The number of H-pyrrole nitrogens is 1. The highest BCUT2D eigenvalue weighted by atomic mass is 127. The van der Waals surface area contributed by atoms with E-state index >= 15 is 0 Å². The van der Waals surface area contributed by atoms with Crippen molar-refractivity contribution >= 4 is 39.2 Å². The first-order valence-corrected chi connectivity index (χ1v) is 7.79. The Morgan fingerprint density at radius 3 is 2.48 bits per heavy atom. The lowest BCUT2D eigenvalue weighted by Crippen LogP contribution is -1.96. The zero-order chi connectivity index (χ0) is 16.9. The minimum absolute atomic E-state index is 0.0113. The summed E-state index contributed by atoms with van der Waals surface area (Å²) >= 11 is 2.09. The zero-order valence-corrected chi connectivity index (χ0v) is 14.3. The van der Waals surface area contributed by atoms with Gasteiger partial charge >= 0.3 is 0 Å². The van der Waals surface area contributed by atoms with E-state index in [-0.39, 0.29) is 5.56 Å². The Bertz CT molecular complexity index is 960. The normalized spacial score (nSPS) is 11.2. The van der Waals surface area contributed by atoms with Gasteiger partial charge in [-0.1, -0.05) is 6.58 Å². The molecule has 0 bridgehead atoms. The van der Waals surface area contributed by atoms with Crippen molar-refractivity contribution in [1.82, 2.24) is 4.98 Å². The number of nitrogens with one attached hydrogen (secondary N) is 1. The molecule has 0 saturated carbocycles. The molecule has 1 heterocycles. The van der Waals surface area contributed by atoms with E-state index in [9.17, 15) is 13.2 Å². The fraction of sp³-hybridized carbons (Fsp3) is 0.0588. The number of nitrogens with two attached hydrogens (primary N) is 1. The van der Waals surface area contributed by atoms with Crippen molar-refractivity contribution < 1.29 is 13.2 Å². The smallest absolute Gasteiger partial charge is 0.195 e. The first-order chi connectivity index (χ1) is 10.8. The third kappa shape index (κ3) is 2.50. The average Bonchev–Trinajstić information content (AvgIpc) is 2.82. The first-order valence-electron chi connectivity index (χ1n) is 6.71. The second-order valence-corrected chi connectivity index (χ2v) is 6.49. The van der Waals surface area contributed by atoms with E-state index < -0.39 is 17.5 Å². The topological polar surface area (TPSA) is 41.8 Å². The molecule has 0 atom stereocenters. The van der Waals surface area contributed by atoms with Gasteiger partial charge in [0, 0.05) is 25.8 Å². The van der Waals surface area contributed by atoms with Gasteiger partial charge in [0.1, 0.15) is 0 Å². The van der Waals surface area contributed by atoms with Gasteiger partial charge in [0.2, 0.25) is 0 Å². The Kier molecular flexibility index (Phi) is 3.87. The Labute approximate surface area is 144 Å². The monoisotopic (exact) mass is 428 g/mol. The molecule has 3 rings (SSSR count). The molecule has 0 aliphatic heterocycles. The number of aromatic nitrogens is 1. The van der Waals surface area contributed by atoms with Gasteiger partial charge in [0.15, 0.2) is 17.5 Å². The largest absolute Gasteiger partial charge is 0.398 e. The van der Waals surface area contributed by atoms with Crippen molar-refractivity contribution in [1.29, 1.82) is 0 Å². The standard InChI is InChI=1S/C17H12F3IN2/c1-7-11-5-9(21)6-12(17(11)23-16(7)8(2)22)10-3-4-13(18)15(20)14(10)19/h3-6,23H,2,22H2,1H3. The Balaban J connectivity index is 2.41. The second-order valence-electron chi connectivity index (χ2n) is 5.25. The highest BCUT2D eigenvalue weighted by Crippen LogP contribution is 2.36. The van der Waals surface area contributed by atoms with Crippen LogP contribution >= 0.6 is 22.6 Å². The van der Waals surface area contributed by atoms with Crippen molar-refractivity contribution in [3.05, 3.63) is 63.1 Å². The maximum Gasteiger partial charge on any atom is 0.195 e. The molecule has 0 fully saturated rings. The summed E-state index contributed by atoms with van der Waals surface area (Å²) in [5.41, 5.74) is 8.67. The van der Waals surface area contributed by atoms with E-state index in [2.05, 4.69) is 34.2 Å². The lowest BCUT2D eigenvalue weighted by atomic mass is 10.0. The van der Waals surface area contributed by atoms with Crippen LogP contribution in [0.1, 0.15) is 11.3 Å². The molecular weight excluding hydrogens is 416 g/mol. The minimum Gasteiger partial charge on any atom is -0.398 e. The molecule has 3 N–H and O–H groups in total. The summed E-state index contributed by atoms with van der Waals surface area (Å²) in [4.78, 5) is 3.11. The van der Waals surface area contributed by atoms with Gasteiger partial charge in [-0.3, -0.25) is 0 Å². The summed E-state index contributed by atoms with van der Waals surface area (Å²) < 4.78 is 41.8. The van der Waals surface area contributed by atoms with Crippen molar-refractivity contribution in [3.8, 4) is 11.1 Å². The molecule has 6 heteroatoms. The maximum atomic E-state index is 14.2. The molecular formula is C17H12F3IN2. The number of aromatic amines is 1. The molecule has 1 aromatic heterocycles. The Morgan fingerprint density at radius 2 is 1.83 bits per heavy atom. The molecule has 0 spiro atoms. The van der Waals surface area contributed by atoms with Crippen LogP contribution in [0.15, 0.2) is 30.8 Å². The van der Waals surface area contributed by atoms with Gasteiger partial charge in [-0.2, -0.15) is 0 Å². The Hall–Kier alpha value is -1.96. The van der Waals surface area contributed by atoms with Crippen molar-refractivity contribution in [2.75, 3.05) is 0 Å². The molecule has 118 valence electrons. The fourth-order valence-corrected chi connectivity index (χ4v) is 3.28. The third-order valence-corrected chi connectivity index (χ3v) is 4.40. The van der Waals surface area contributed by atoms with Gasteiger partial charge in [-0.05, 0) is 59.3 Å². The SMILES string of the molecule is C=C(N)c1[nH]c2c(-c3ccc(F)c(F)c3F)cc(I)cc2c1C. The van der Waals surface area contributed by atoms with E-state index in [1.54, 1.807) is 6.07 Å². The zero-order valence-electron chi connectivity index (χ0n) is 12.1. The van der Waals surface area contributed by atoms with Crippen LogP contribution in [0.4, 0.5) is 13.2 Å². The number of rotatable bonds is 2. The van der Waals surface area contributed by atoms with Crippen LogP contribution in [0.2, 0.25) is 0 Å². The predicted molar refractivity (Wildman–Crippen MR) is 94.3 cm³/mol. The van der Waals surface area contributed by atoms with Crippen molar-refractivity contribution in [2.45, 2.75) is 6.92 Å². The van der Waals surface area contributed by atoms with Gasteiger partial charge < -0.3 is 10.7 Å². The highest BCUT2D eigenvalue weighted by Gasteiger charge is 2.19. The number of hydrogen-bond acceptors (Lipinski definition) is 1. The van der Waals surface area contributed by atoms with Crippen LogP contribution in [0.3, 0.4) is 0 Å². The number of aryl methyl sites for hydroxylation is 1. The van der Waals surface area contributed by atoms with Crippen molar-refractivity contribution in [3.63, 3.8) is 0 Å². The van der Waals surface area contributed by atoms with E-state index in [0.29, 0.717) is 22.5 Å². The molecule has 0 unspecified atom stereocenters. The molecule has 3 aromatic rings. The number of benzene rings is 2. The average molecular weight is 428 g/mol. The Morgan fingerprint density at radius 1 is 1.13 bits per heavy atom. The quantitative estimate of drug-likeness (QED) is 0.433. The summed E-state index contributed by atoms with van der Waals surface area (Å²) in [6, 6.07) is 5.76. The lowest BCUT2D eigenvalue weighted by molar-refractivity contribution is 0.449. The molecule has 0 radical (unpaired) electrons. The molecule has 0 aliphatic carbocycles. The summed E-state index contributed by atoms with van der Waals surface area (Å²) in [5.74, 6) is -3.92. The van der Waals surface area contributed by atoms with E-state index in [4.69, 9.17) is 5.73 Å². The maximum absolute atomic E-state index is 14.2. The van der Waals surface area contributed by atoms with Gasteiger partial charge in [0.25, 0.3) is 0 Å². The molecule has 2 nitrogen and oxygen atoms in total. The van der Waals surface area contributed by atoms with Gasteiger partial charge in [-0.15, -0.1) is 0 Å². The highest BCUT2D eigenvalue weighted by molar-refractivity contribution is 14.1. The first kappa shape index (κ1) is 15.9. The predicted octanol–water partition coefficient (Wildman–Crippen LogP) is 5.09. The summed E-state index contributed by atoms with van der Waals surface area (Å²) in [7, 11) is 0. The molecule has 23 heavy (non-hydrogen) atoms. The second kappa shape index (κ2) is 5.59. The van der Waals surface area contributed by atoms with Crippen LogP contribution in [0.25, 0.3) is 27.7 Å². The van der Waals surface area contributed by atoms with Gasteiger partial charge in [0.05, 0.1) is 11.2 Å². The lowest BCUT2D eigenvalue weighted by Gasteiger charge is -2.08. The van der Waals surface area contributed by atoms with E-state index in [0.717, 1.165) is 20.6 Å². The van der Waals surface area contributed by atoms with Crippen LogP contribution in [-0.2, 0) is 0 Å². The summed E-state index contributed by atoms with van der Waals surface area (Å²) in [6.45, 7) is 5.58. The minimum atomic E-state index is -1.48. The number of fused-ring (bicyclic) bond motifs is 1. The molecule has 0 aliphatic rings. The molecule has 0 saturated heterocycles. The van der Waals surface area contributed by atoms with E-state index in [1.807, 2.05) is 13.0 Å². The van der Waals surface area contributed by atoms with Crippen LogP contribution in [0, 0.1) is 27.9 Å².